The zero-order valence-corrected chi connectivity index (χ0v) is 36.2. The Hall–Kier alpha value is -4.80. The maximum atomic E-state index is 10.7. The number of nitro groups is 1. The van der Waals surface area contributed by atoms with Crippen LogP contribution in [0.25, 0.3) is 0 Å². The number of aliphatic hydroxyl groups is 1. The second-order valence-corrected chi connectivity index (χ2v) is 16.0. The van der Waals surface area contributed by atoms with Gasteiger partial charge >= 0.3 is 5.69 Å². The largest absolute Gasteiger partial charge is 0.400 e. The predicted octanol–water partition coefficient (Wildman–Crippen LogP) is 10.1. The van der Waals surface area contributed by atoms with Crippen molar-refractivity contribution in [3.05, 3.63) is 68.5 Å². The summed E-state index contributed by atoms with van der Waals surface area (Å²) in [6.07, 6.45) is 20.7. The van der Waals surface area contributed by atoms with Gasteiger partial charge in [-0.25, -0.2) is 0 Å². The van der Waals surface area contributed by atoms with E-state index < -0.39 is 5.60 Å². The lowest BCUT2D eigenvalue weighted by molar-refractivity contribution is -0.385. The number of nitrogen functional groups attached to an aromatic ring is 2. The molecule has 4 saturated carbocycles. The molecule has 17 heteroatoms. The molecule has 8 rings (SSSR count). The first kappa shape index (κ1) is 53.2. The van der Waals surface area contributed by atoms with Gasteiger partial charge in [-0.15, -0.1) is 4.91 Å². The van der Waals surface area contributed by atoms with E-state index in [1.807, 2.05) is 33.2 Å². The zero-order valence-electron chi connectivity index (χ0n) is 36.2. The molecular formula is C43H78N12O5. The molecule has 0 unspecified atom stereocenters. The van der Waals surface area contributed by atoms with Gasteiger partial charge in [-0.3, -0.25) is 28.8 Å². The van der Waals surface area contributed by atoms with Crippen molar-refractivity contribution < 1.29 is 14.9 Å². The van der Waals surface area contributed by atoms with E-state index in [0.717, 1.165) is 62.7 Å². The first-order chi connectivity index (χ1) is 27.8. The maximum absolute atomic E-state index is 10.7. The van der Waals surface area contributed by atoms with E-state index in [1.54, 1.807) is 25.5 Å². The Bertz CT molecular complexity index is 1790. The number of hydrogen-bond donors (Lipinski definition) is 3. The van der Waals surface area contributed by atoms with E-state index in [9.17, 15) is 15.0 Å². The highest BCUT2D eigenvalue weighted by Gasteiger charge is 2.31. The van der Waals surface area contributed by atoms with E-state index in [1.165, 1.54) is 81.8 Å². The minimum atomic E-state index is -0.429. The van der Waals surface area contributed by atoms with E-state index in [0.29, 0.717) is 30.0 Å². The summed E-state index contributed by atoms with van der Waals surface area (Å²) in [5, 5.41) is 37.6. The summed E-state index contributed by atoms with van der Waals surface area (Å²) in [4.78, 5) is 24.1. The lowest BCUT2D eigenvalue weighted by Crippen LogP contribution is -2.14. The van der Waals surface area contributed by atoms with E-state index in [2.05, 4.69) is 63.6 Å². The topological polar surface area (TPSA) is 225 Å². The molecule has 0 aromatic carbocycles. The lowest BCUT2D eigenvalue weighted by atomic mass is 9.82. The number of aromatic nitrogens is 8. The van der Waals surface area contributed by atoms with Gasteiger partial charge in [-0.05, 0) is 106 Å². The number of anilines is 2. The lowest BCUT2D eigenvalue weighted by Gasteiger charge is -2.23. The van der Waals surface area contributed by atoms with Crippen molar-refractivity contribution in [1.29, 1.82) is 0 Å². The quantitative estimate of drug-likeness (QED) is 0.0773. The van der Waals surface area contributed by atoms with Crippen LogP contribution in [0.5, 0.6) is 0 Å². The summed E-state index contributed by atoms with van der Waals surface area (Å²) in [7, 11) is 1.00. The molecule has 5 N–H and O–H groups in total. The van der Waals surface area contributed by atoms with Gasteiger partial charge in [0, 0.05) is 75.4 Å². The van der Waals surface area contributed by atoms with E-state index >= 15 is 0 Å². The minimum absolute atomic E-state index is 0. The Morgan fingerprint density at radius 3 is 1.55 bits per heavy atom. The minimum Gasteiger partial charge on any atom is -0.400 e. The van der Waals surface area contributed by atoms with Crippen LogP contribution in [0.15, 0.2) is 36.1 Å². The molecule has 0 aliphatic heterocycles. The summed E-state index contributed by atoms with van der Waals surface area (Å²) >= 11 is 0. The van der Waals surface area contributed by atoms with Crippen LogP contribution in [0.1, 0.15) is 187 Å². The molecule has 0 amide bonds. The molecule has 4 fully saturated rings. The number of aryl methyl sites for hydroxylation is 4. The number of nitrogens with zero attached hydrogens (tertiary/aromatic N) is 10. The van der Waals surface area contributed by atoms with E-state index in [4.69, 9.17) is 16.6 Å². The van der Waals surface area contributed by atoms with Gasteiger partial charge in [0.2, 0.25) is 0 Å². The molecule has 60 heavy (non-hydrogen) atoms. The standard InChI is InChI=1S/C9H13N3O2.2C9H15N3.C9H14N2.C4H9NO2.CH4O.2CH4/c1-2-11-6-8(12(13)14)9(10-11)7-4-3-5-7;1-2-12-6-8(10)9(11-12)7-4-3-5-7;1-2-12-9(10)6-8(11-12)7-4-3-5-7;1-2-11-7-6-9(10-11)8-4-3-5-8;1-4(2,3)7-5-6;1-2;;/h6-7H,2-5H2,1H3;2*6-7H,2-5,10H2,1H3;6-8H,2-5H2,1H3;1-3H3;2H,1H3;2*1H4. The van der Waals surface area contributed by atoms with Crippen LogP contribution in [-0.2, 0) is 31.0 Å². The molecule has 340 valence electrons. The molecule has 0 atom stereocenters. The van der Waals surface area contributed by atoms with Gasteiger partial charge in [0.1, 0.15) is 23.3 Å². The Labute approximate surface area is 358 Å². The molecule has 4 aliphatic carbocycles. The first-order valence-corrected chi connectivity index (χ1v) is 21.2. The first-order valence-electron chi connectivity index (χ1n) is 21.2. The summed E-state index contributed by atoms with van der Waals surface area (Å²) in [5.74, 6) is 3.25. The van der Waals surface area contributed by atoms with Crippen LogP contribution in [0.3, 0.4) is 0 Å². The number of aliphatic hydroxyl groups excluding tert-OH is 1. The molecule has 4 aliphatic rings. The molecular weight excluding hydrogens is 765 g/mol. The Balaban J connectivity index is 0.000000373. The third-order valence-corrected chi connectivity index (χ3v) is 10.9. The normalized spacial score (nSPS) is 15.7. The SMILES string of the molecule is C.C.CC(C)(C)ON=O.CCn1cc(N)c(C2CCC2)n1.CCn1cc([N+](=O)[O-])c(C2CCC2)n1.CCn1ccc(C2CCC2)n1.CCn1nc(C2CCC2)cc1N.CO. The molecule has 0 spiro atoms. The third kappa shape index (κ3) is 15.7. The van der Waals surface area contributed by atoms with Gasteiger partial charge < -0.3 is 21.4 Å². The fraction of sp³-hybridized carbons (Fsp3) is 0.721. The third-order valence-electron chi connectivity index (χ3n) is 10.9. The fourth-order valence-electron chi connectivity index (χ4n) is 6.51. The number of nitrogens with two attached hydrogens (primary N) is 2. The monoisotopic (exact) mass is 843 g/mol. The molecule has 0 radical (unpaired) electrons. The van der Waals surface area contributed by atoms with Crippen LogP contribution < -0.4 is 11.5 Å². The Kier molecular flexibility index (Phi) is 23.4. The summed E-state index contributed by atoms with van der Waals surface area (Å²) in [6, 6.07) is 4.18. The number of hydrogen-bond acceptors (Lipinski definition) is 12. The van der Waals surface area contributed by atoms with Crippen molar-refractivity contribution >= 4 is 17.2 Å². The Morgan fingerprint density at radius 2 is 1.20 bits per heavy atom. The predicted molar refractivity (Wildman–Crippen MR) is 242 cm³/mol. The van der Waals surface area contributed by atoms with Gasteiger partial charge in [0.05, 0.1) is 27.7 Å². The van der Waals surface area contributed by atoms with Crippen LogP contribution in [-0.4, -0.2) is 61.9 Å². The molecule has 4 aromatic heterocycles. The van der Waals surface area contributed by atoms with Crippen LogP contribution in [0.2, 0.25) is 0 Å². The van der Waals surface area contributed by atoms with Gasteiger partial charge in [0.25, 0.3) is 0 Å². The fourth-order valence-corrected chi connectivity index (χ4v) is 6.51. The van der Waals surface area contributed by atoms with Crippen molar-refractivity contribution in [3.8, 4) is 0 Å². The van der Waals surface area contributed by atoms with E-state index in [-0.39, 0.29) is 25.5 Å². The second kappa shape index (κ2) is 26.4. The number of rotatable bonds is 10. The van der Waals surface area contributed by atoms with Crippen molar-refractivity contribution in [3.63, 3.8) is 0 Å². The van der Waals surface area contributed by atoms with Gasteiger partial charge in [-0.2, -0.15) is 20.4 Å². The molecule has 4 heterocycles. The van der Waals surface area contributed by atoms with Crippen LogP contribution >= 0.6 is 0 Å². The average molecular weight is 843 g/mol. The molecule has 17 nitrogen and oxygen atoms in total. The highest BCUT2D eigenvalue weighted by molar-refractivity contribution is 5.43. The maximum Gasteiger partial charge on any atom is 0.310 e. The van der Waals surface area contributed by atoms with Crippen molar-refractivity contribution in [2.75, 3.05) is 18.6 Å². The van der Waals surface area contributed by atoms with Crippen LogP contribution in [0, 0.1) is 15.0 Å². The summed E-state index contributed by atoms with van der Waals surface area (Å²) < 4.78 is 7.44. The van der Waals surface area contributed by atoms with Gasteiger partial charge in [0.15, 0.2) is 5.34 Å². The highest BCUT2D eigenvalue weighted by atomic mass is 16.7. The van der Waals surface area contributed by atoms with Crippen LogP contribution in [0.4, 0.5) is 17.2 Å². The zero-order chi connectivity index (χ0) is 42.8. The highest BCUT2D eigenvalue weighted by Crippen LogP contribution is 2.40. The summed E-state index contributed by atoms with van der Waals surface area (Å²) in [5.41, 5.74) is 16.6. The summed E-state index contributed by atoms with van der Waals surface area (Å²) in [6.45, 7) is 16.9. The smallest absolute Gasteiger partial charge is 0.310 e. The van der Waals surface area contributed by atoms with Crippen molar-refractivity contribution in [2.24, 2.45) is 5.34 Å². The van der Waals surface area contributed by atoms with Gasteiger partial charge in [-0.1, -0.05) is 40.5 Å². The average Bonchev–Trinajstić information content (AvgIpc) is 3.90. The molecule has 0 saturated heterocycles. The Morgan fingerprint density at radius 1 is 0.733 bits per heavy atom. The van der Waals surface area contributed by atoms with Crippen molar-refractivity contribution in [1.82, 2.24) is 39.1 Å². The van der Waals surface area contributed by atoms with Crippen molar-refractivity contribution in [2.45, 2.75) is 196 Å². The second-order valence-electron chi connectivity index (χ2n) is 16.0. The molecule has 0 bridgehead atoms. The molecule has 4 aromatic rings.